The number of rotatable bonds is 5. The van der Waals surface area contributed by atoms with Crippen LogP contribution in [0.2, 0.25) is 0 Å². The van der Waals surface area contributed by atoms with Crippen LogP contribution in [0.5, 0.6) is 5.75 Å². The van der Waals surface area contributed by atoms with Crippen molar-refractivity contribution in [2.75, 3.05) is 20.5 Å². The third kappa shape index (κ3) is 2.95. The van der Waals surface area contributed by atoms with Gasteiger partial charge < -0.3 is 9.47 Å². The summed E-state index contributed by atoms with van der Waals surface area (Å²) in [6.45, 7) is 0. The zero-order valence-corrected chi connectivity index (χ0v) is 15.6. The number of ether oxygens (including phenoxy) is 2. The molecule has 4 aromatic rings. The number of benzene rings is 1. The Labute approximate surface area is 157 Å². The normalized spacial score (nSPS) is 11.2. The molecule has 0 radical (unpaired) electrons. The smallest absolute Gasteiger partial charge is 0.311 e. The van der Waals surface area contributed by atoms with Gasteiger partial charge in [0.2, 0.25) is 5.16 Å². The Kier molecular flexibility index (Phi) is 4.36. The van der Waals surface area contributed by atoms with Crippen molar-refractivity contribution in [2.45, 2.75) is 11.6 Å². The van der Waals surface area contributed by atoms with E-state index in [1.54, 1.807) is 16.3 Å². The molecule has 10 nitrogen and oxygen atoms in total. The molecule has 0 fully saturated rings. The minimum absolute atomic E-state index is 0.0274. The number of carbonyl (C=O) groups is 1. The number of esters is 1. The molecule has 3 aromatic heterocycles. The number of carbonyl (C=O) groups excluding carboxylic acids is 1. The van der Waals surface area contributed by atoms with Gasteiger partial charge >= 0.3 is 5.97 Å². The molecule has 0 saturated heterocycles. The first-order valence-electron chi connectivity index (χ1n) is 7.91. The lowest BCUT2D eigenvalue weighted by molar-refractivity contribution is -0.139. The molecule has 4 rings (SSSR count). The SMILES string of the molecule is COC(=O)Cc1nn(-c2ccc(OC)cc2)c2c1nnc1nc(SC)nn12. The molecule has 0 spiro atoms. The second kappa shape index (κ2) is 6.83. The van der Waals surface area contributed by atoms with Crippen LogP contribution in [0.1, 0.15) is 5.69 Å². The Balaban J connectivity index is 1.99. The zero-order valence-electron chi connectivity index (χ0n) is 14.8. The van der Waals surface area contributed by atoms with Crippen LogP contribution in [-0.4, -0.2) is 61.0 Å². The van der Waals surface area contributed by atoms with Crippen molar-refractivity contribution < 1.29 is 14.3 Å². The average Bonchev–Trinajstić information content (AvgIpc) is 3.29. The Bertz CT molecular complexity index is 1140. The van der Waals surface area contributed by atoms with Gasteiger partial charge in [-0.1, -0.05) is 11.8 Å². The molecule has 0 aliphatic rings. The van der Waals surface area contributed by atoms with E-state index in [-0.39, 0.29) is 6.42 Å². The number of fused-ring (bicyclic) bond motifs is 3. The summed E-state index contributed by atoms with van der Waals surface area (Å²) in [6, 6.07) is 7.35. The standard InChI is InChI=1S/C16H15N7O3S/c1-25-10-6-4-9(5-7-10)22-14-13(11(20-22)8-12(24)26-2)18-19-15-17-16(27-3)21-23(14)15/h4-7H,8H2,1-3H3. The van der Waals surface area contributed by atoms with Gasteiger partial charge in [-0.15, -0.1) is 15.3 Å². The van der Waals surface area contributed by atoms with Crippen molar-refractivity contribution in [3.05, 3.63) is 30.0 Å². The Morgan fingerprint density at radius 2 is 1.93 bits per heavy atom. The van der Waals surface area contributed by atoms with Crippen molar-refractivity contribution >= 4 is 34.7 Å². The largest absolute Gasteiger partial charge is 0.497 e. The highest BCUT2D eigenvalue weighted by Gasteiger charge is 2.21. The molecule has 3 heterocycles. The van der Waals surface area contributed by atoms with E-state index in [2.05, 4.69) is 25.4 Å². The Hall–Kier alpha value is -3.21. The van der Waals surface area contributed by atoms with Gasteiger partial charge in [-0.3, -0.25) is 4.79 Å². The minimum atomic E-state index is -0.415. The molecule has 138 valence electrons. The molecule has 0 N–H and O–H groups in total. The van der Waals surface area contributed by atoms with Gasteiger partial charge in [0.15, 0.2) is 11.2 Å². The van der Waals surface area contributed by atoms with Crippen molar-refractivity contribution in [3.8, 4) is 11.4 Å². The van der Waals surface area contributed by atoms with E-state index in [4.69, 9.17) is 9.47 Å². The molecule has 0 bridgehead atoms. The first-order chi connectivity index (χ1) is 13.1. The van der Waals surface area contributed by atoms with E-state index < -0.39 is 5.97 Å². The van der Waals surface area contributed by atoms with Crippen LogP contribution in [0.3, 0.4) is 0 Å². The summed E-state index contributed by atoms with van der Waals surface area (Å²) in [6.07, 6.45) is 1.85. The molecule has 1 aromatic carbocycles. The van der Waals surface area contributed by atoms with E-state index >= 15 is 0 Å². The second-order valence-corrected chi connectivity index (χ2v) is 6.27. The van der Waals surface area contributed by atoms with Gasteiger partial charge in [0.25, 0.3) is 5.78 Å². The molecule has 0 saturated carbocycles. The van der Waals surface area contributed by atoms with Crippen LogP contribution in [0, 0.1) is 0 Å². The molecule has 11 heteroatoms. The van der Waals surface area contributed by atoms with E-state index in [1.807, 2.05) is 30.5 Å². The fraction of sp³-hybridized carbons (Fsp3) is 0.250. The highest BCUT2D eigenvalue weighted by atomic mass is 32.2. The number of hydrogen-bond donors (Lipinski definition) is 0. The van der Waals surface area contributed by atoms with Crippen molar-refractivity contribution in [1.29, 1.82) is 0 Å². The van der Waals surface area contributed by atoms with Crippen molar-refractivity contribution in [1.82, 2.24) is 34.6 Å². The van der Waals surface area contributed by atoms with E-state index in [0.29, 0.717) is 27.8 Å². The lowest BCUT2D eigenvalue weighted by Crippen LogP contribution is -2.06. The monoisotopic (exact) mass is 385 g/mol. The maximum absolute atomic E-state index is 11.8. The highest BCUT2D eigenvalue weighted by Crippen LogP contribution is 2.23. The van der Waals surface area contributed by atoms with Crippen LogP contribution in [0.15, 0.2) is 29.4 Å². The maximum atomic E-state index is 11.8. The zero-order chi connectivity index (χ0) is 19.0. The third-order valence-electron chi connectivity index (χ3n) is 3.96. The molecule has 0 aliphatic carbocycles. The maximum Gasteiger partial charge on any atom is 0.311 e. The molecular weight excluding hydrogens is 370 g/mol. The van der Waals surface area contributed by atoms with Crippen molar-refractivity contribution in [3.63, 3.8) is 0 Å². The number of methoxy groups -OCH3 is 2. The first kappa shape index (κ1) is 17.2. The number of hydrogen-bond acceptors (Lipinski definition) is 9. The minimum Gasteiger partial charge on any atom is -0.497 e. The number of nitrogens with zero attached hydrogens (tertiary/aromatic N) is 7. The third-order valence-corrected chi connectivity index (χ3v) is 4.49. The second-order valence-electron chi connectivity index (χ2n) is 5.49. The quantitative estimate of drug-likeness (QED) is 0.371. The molecule has 0 unspecified atom stereocenters. The van der Waals surface area contributed by atoms with Gasteiger partial charge in [0, 0.05) is 0 Å². The lowest BCUT2D eigenvalue weighted by Gasteiger charge is -2.05. The van der Waals surface area contributed by atoms with Crippen LogP contribution in [0.25, 0.3) is 22.6 Å². The topological polar surface area (TPSA) is 109 Å². The van der Waals surface area contributed by atoms with Gasteiger partial charge in [-0.25, -0.2) is 4.68 Å². The summed E-state index contributed by atoms with van der Waals surface area (Å²) < 4.78 is 13.2. The molecular formula is C16H15N7O3S. The number of thioether (sulfide) groups is 1. The summed E-state index contributed by atoms with van der Waals surface area (Å²) in [5, 5.41) is 17.9. The molecule has 0 aliphatic heterocycles. The molecule has 0 atom stereocenters. The number of aromatic nitrogens is 7. The van der Waals surface area contributed by atoms with Crippen LogP contribution < -0.4 is 4.74 Å². The van der Waals surface area contributed by atoms with Crippen LogP contribution in [-0.2, 0) is 16.0 Å². The van der Waals surface area contributed by atoms with Crippen LogP contribution in [0.4, 0.5) is 0 Å². The van der Waals surface area contributed by atoms with Crippen molar-refractivity contribution in [2.24, 2.45) is 0 Å². The van der Waals surface area contributed by atoms with E-state index in [9.17, 15) is 4.79 Å². The van der Waals surface area contributed by atoms with Gasteiger partial charge in [0.05, 0.1) is 26.3 Å². The fourth-order valence-electron chi connectivity index (χ4n) is 2.64. The molecule has 27 heavy (non-hydrogen) atoms. The summed E-state index contributed by atoms with van der Waals surface area (Å²) in [7, 11) is 2.93. The van der Waals surface area contributed by atoms with Gasteiger partial charge in [-0.2, -0.15) is 14.6 Å². The van der Waals surface area contributed by atoms with Crippen LogP contribution >= 0.6 is 11.8 Å². The average molecular weight is 385 g/mol. The summed E-state index contributed by atoms with van der Waals surface area (Å²) >= 11 is 1.40. The van der Waals surface area contributed by atoms with Gasteiger partial charge in [0.1, 0.15) is 11.4 Å². The van der Waals surface area contributed by atoms with E-state index in [0.717, 1.165) is 11.4 Å². The highest BCUT2D eigenvalue weighted by molar-refractivity contribution is 7.98. The first-order valence-corrected chi connectivity index (χ1v) is 9.13. The Morgan fingerprint density at radius 1 is 1.15 bits per heavy atom. The predicted molar refractivity (Wildman–Crippen MR) is 97.3 cm³/mol. The summed E-state index contributed by atoms with van der Waals surface area (Å²) in [4.78, 5) is 16.1. The van der Waals surface area contributed by atoms with E-state index in [1.165, 1.54) is 18.9 Å². The Morgan fingerprint density at radius 3 is 2.59 bits per heavy atom. The predicted octanol–water partition coefficient (Wildman–Crippen LogP) is 1.30. The molecule has 0 amide bonds. The summed E-state index contributed by atoms with van der Waals surface area (Å²) in [5.74, 6) is 0.660. The lowest BCUT2D eigenvalue weighted by atomic mass is 10.3. The summed E-state index contributed by atoms with van der Waals surface area (Å²) in [5.41, 5.74) is 2.23. The fourth-order valence-corrected chi connectivity index (χ4v) is 2.98. The van der Waals surface area contributed by atoms with Gasteiger partial charge in [-0.05, 0) is 30.5 Å².